The molecule has 1 saturated heterocycles. The van der Waals surface area contributed by atoms with Gasteiger partial charge in [-0.15, -0.1) is 0 Å². The standard InChI is InChI=1S/C14H20FN3O/c1-9-5-3-6-10(2)18(9)17-14(19)11-7-4-8-12(15)13(11)16/h4,7-10H,3,5-6,16H2,1-2H3,(H,17,19). The second kappa shape index (κ2) is 5.57. The summed E-state index contributed by atoms with van der Waals surface area (Å²) in [4.78, 5) is 12.2. The van der Waals surface area contributed by atoms with Crippen molar-refractivity contribution in [2.45, 2.75) is 45.2 Å². The van der Waals surface area contributed by atoms with Crippen molar-refractivity contribution >= 4 is 11.6 Å². The number of hydrogen-bond acceptors (Lipinski definition) is 3. The number of rotatable bonds is 2. The molecule has 1 amide bonds. The van der Waals surface area contributed by atoms with Gasteiger partial charge in [0, 0.05) is 12.1 Å². The van der Waals surface area contributed by atoms with Gasteiger partial charge in [0.15, 0.2) is 0 Å². The summed E-state index contributed by atoms with van der Waals surface area (Å²) in [5.41, 5.74) is 8.54. The molecule has 19 heavy (non-hydrogen) atoms. The van der Waals surface area contributed by atoms with Crippen LogP contribution in [0.25, 0.3) is 0 Å². The maximum absolute atomic E-state index is 13.4. The molecule has 2 atom stereocenters. The first-order valence-corrected chi connectivity index (χ1v) is 6.64. The summed E-state index contributed by atoms with van der Waals surface area (Å²) < 4.78 is 13.4. The molecule has 5 heteroatoms. The minimum absolute atomic E-state index is 0.0997. The number of carbonyl (C=O) groups excluding carboxylic acids is 1. The highest BCUT2D eigenvalue weighted by atomic mass is 19.1. The van der Waals surface area contributed by atoms with E-state index in [9.17, 15) is 9.18 Å². The van der Waals surface area contributed by atoms with Gasteiger partial charge in [0.1, 0.15) is 5.82 Å². The second-order valence-electron chi connectivity index (χ2n) is 5.18. The molecule has 1 aliphatic heterocycles. The summed E-state index contributed by atoms with van der Waals surface area (Å²) in [7, 11) is 0. The molecule has 0 spiro atoms. The number of halogens is 1. The number of hydrogen-bond donors (Lipinski definition) is 2. The Hall–Kier alpha value is -1.62. The first kappa shape index (κ1) is 13.8. The molecule has 0 aliphatic carbocycles. The lowest BCUT2D eigenvalue weighted by molar-refractivity contribution is 0.0370. The van der Waals surface area contributed by atoms with Crippen LogP contribution >= 0.6 is 0 Å². The molecule has 1 heterocycles. The lowest BCUT2D eigenvalue weighted by atomic mass is 10.00. The summed E-state index contributed by atoms with van der Waals surface area (Å²) in [5, 5.41) is 1.94. The normalized spacial score (nSPS) is 24.2. The number of benzene rings is 1. The Morgan fingerprint density at radius 3 is 2.63 bits per heavy atom. The van der Waals surface area contributed by atoms with Crippen molar-refractivity contribution in [1.29, 1.82) is 0 Å². The van der Waals surface area contributed by atoms with Gasteiger partial charge in [-0.2, -0.15) is 0 Å². The van der Waals surface area contributed by atoms with Gasteiger partial charge >= 0.3 is 0 Å². The summed E-state index contributed by atoms with van der Waals surface area (Å²) in [6.45, 7) is 4.15. The van der Waals surface area contributed by atoms with Crippen LogP contribution in [-0.4, -0.2) is 23.0 Å². The van der Waals surface area contributed by atoms with E-state index < -0.39 is 5.82 Å². The highest BCUT2D eigenvalue weighted by Gasteiger charge is 2.27. The summed E-state index contributed by atoms with van der Waals surface area (Å²) in [6.07, 6.45) is 3.25. The zero-order chi connectivity index (χ0) is 14.0. The number of nitrogens with two attached hydrogens (primary N) is 1. The van der Waals surface area contributed by atoms with Crippen LogP contribution in [0.4, 0.5) is 10.1 Å². The van der Waals surface area contributed by atoms with Crippen LogP contribution in [0.15, 0.2) is 18.2 Å². The number of nitrogens with one attached hydrogen (secondary N) is 1. The number of hydrazine groups is 1. The van der Waals surface area contributed by atoms with Gasteiger partial charge in [-0.3, -0.25) is 10.2 Å². The zero-order valence-electron chi connectivity index (χ0n) is 11.3. The van der Waals surface area contributed by atoms with E-state index in [0.717, 1.165) is 19.3 Å². The van der Waals surface area contributed by atoms with Gasteiger partial charge in [0.2, 0.25) is 0 Å². The largest absolute Gasteiger partial charge is 0.396 e. The lowest BCUT2D eigenvalue weighted by Gasteiger charge is -2.38. The Morgan fingerprint density at radius 1 is 1.37 bits per heavy atom. The number of carbonyl (C=O) groups is 1. The predicted molar refractivity (Wildman–Crippen MR) is 72.9 cm³/mol. The van der Waals surface area contributed by atoms with Crippen molar-refractivity contribution in [3.63, 3.8) is 0 Å². The number of anilines is 1. The van der Waals surface area contributed by atoms with Crippen molar-refractivity contribution in [2.24, 2.45) is 0 Å². The first-order chi connectivity index (χ1) is 9.00. The number of piperidine rings is 1. The fraction of sp³-hybridized carbons (Fsp3) is 0.500. The Bertz CT molecular complexity index is 468. The van der Waals surface area contributed by atoms with Gasteiger partial charge in [-0.1, -0.05) is 12.5 Å². The van der Waals surface area contributed by atoms with Crippen molar-refractivity contribution in [3.05, 3.63) is 29.6 Å². The zero-order valence-corrected chi connectivity index (χ0v) is 11.3. The van der Waals surface area contributed by atoms with E-state index in [4.69, 9.17) is 5.73 Å². The fourth-order valence-corrected chi connectivity index (χ4v) is 2.55. The fourth-order valence-electron chi connectivity index (χ4n) is 2.55. The number of nitrogens with zero attached hydrogens (tertiary/aromatic N) is 1. The lowest BCUT2D eigenvalue weighted by Crippen LogP contribution is -2.54. The molecule has 0 aromatic heterocycles. The third-order valence-electron chi connectivity index (χ3n) is 3.72. The van der Waals surface area contributed by atoms with Crippen molar-refractivity contribution in [3.8, 4) is 0 Å². The van der Waals surface area contributed by atoms with Crippen LogP contribution in [0.2, 0.25) is 0 Å². The molecule has 1 fully saturated rings. The molecule has 1 aromatic rings. The maximum atomic E-state index is 13.4. The van der Waals surface area contributed by atoms with Gasteiger partial charge < -0.3 is 5.73 Å². The van der Waals surface area contributed by atoms with E-state index in [1.807, 2.05) is 5.01 Å². The Labute approximate surface area is 112 Å². The third kappa shape index (κ3) is 2.87. The quantitative estimate of drug-likeness (QED) is 0.807. The van der Waals surface area contributed by atoms with Crippen LogP contribution in [0.1, 0.15) is 43.5 Å². The van der Waals surface area contributed by atoms with Gasteiger partial charge in [-0.25, -0.2) is 9.40 Å². The van der Waals surface area contributed by atoms with E-state index in [1.165, 1.54) is 18.2 Å². The number of nitrogen functional groups attached to an aromatic ring is 1. The minimum atomic E-state index is -0.563. The number of amides is 1. The smallest absolute Gasteiger partial charge is 0.267 e. The maximum Gasteiger partial charge on any atom is 0.267 e. The van der Waals surface area contributed by atoms with Gasteiger partial charge in [0.05, 0.1) is 11.3 Å². The molecule has 1 aliphatic rings. The third-order valence-corrected chi connectivity index (χ3v) is 3.72. The van der Waals surface area contributed by atoms with E-state index >= 15 is 0 Å². The average molecular weight is 265 g/mol. The molecular weight excluding hydrogens is 245 g/mol. The highest BCUT2D eigenvalue weighted by Crippen LogP contribution is 2.21. The van der Waals surface area contributed by atoms with Crippen LogP contribution in [0.5, 0.6) is 0 Å². The Kier molecular flexibility index (Phi) is 4.04. The second-order valence-corrected chi connectivity index (χ2v) is 5.18. The van der Waals surface area contributed by atoms with Gasteiger partial charge in [0.25, 0.3) is 5.91 Å². The molecule has 3 N–H and O–H groups in total. The SMILES string of the molecule is CC1CCCC(C)N1NC(=O)c1cccc(F)c1N. The van der Waals surface area contributed by atoms with E-state index in [-0.39, 0.29) is 29.2 Å². The van der Waals surface area contributed by atoms with Crippen LogP contribution < -0.4 is 11.2 Å². The molecule has 0 bridgehead atoms. The topological polar surface area (TPSA) is 58.4 Å². The minimum Gasteiger partial charge on any atom is -0.396 e. The molecule has 2 rings (SSSR count). The van der Waals surface area contributed by atoms with Crippen LogP contribution in [0.3, 0.4) is 0 Å². The van der Waals surface area contributed by atoms with E-state index in [1.54, 1.807) is 0 Å². The van der Waals surface area contributed by atoms with E-state index in [0.29, 0.717) is 0 Å². The first-order valence-electron chi connectivity index (χ1n) is 6.64. The van der Waals surface area contributed by atoms with Crippen molar-refractivity contribution in [2.75, 3.05) is 5.73 Å². The molecule has 2 unspecified atom stereocenters. The Morgan fingerprint density at radius 2 is 2.00 bits per heavy atom. The van der Waals surface area contributed by atoms with Crippen molar-refractivity contribution < 1.29 is 9.18 Å². The number of para-hydroxylation sites is 1. The summed E-state index contributed by atoms with van der Waals surface area (Å²) in [6, 6.07) is 4.83. The van der Waals surface area contributed by atoms with Crippen molar-refractivity contribution in [1.82, 2.24) is 10.4 Å². The molecule has 0 saturated carbocycles. The predicted octanol–water partition coefficient (Wildman–Crippen LogP) is 2.32. The van der Waals surface area contributed by atoms with E-state index in [2.05, 4.69) is 19.3 Å². The summed E-state index contributed by atoms with van der Waals surface area (Å²) in [5.74, 6) is -0.912. The molecule has 104 valence electrons. The highest BCUT2D eigenvalue weighted by molar-refractivity contribution is 5.98. The molecule has 4 nitrogen and oxygen atoms in total. The van der Waals surface area contributed by atoms with Crippen LogP contribution in [0, 0.1) is 5.82 Å². The summed E-state index contributed by atoms with van der Waals surface area (Å²) >= 11 is 0. The monoisotopic (exact) mass is 265 g/mol. The Balaban J connectivity index is 2.14. The average Bonchev–Trinajstić information content (AvgIpc) is 2.37. The molecular formula is C14H20FN3O. The van der Waals surface area contributed by atoms with Crippen LogP contribution in [-0.2, 0) is 0 Å². The molecule has 1 aromatic carbocycles. The molecule has 0 radical (unpaired) electrons. The van der Waals surface area contributed by atoms with Gasteiger partial charge in [-0.05, 0) is 38.8 Å².